The Bertz CT molecular complexity index is 876. The summed E-state index contributed by atoms with van der Waals surface area (Å²) in [5, 5.41) is 4.08. The Morgan fingerprint density at radius 1 is 1.17 bits per heavy atom. The Hall–Kier alpha value is -2.95. The normalized spacial score (nSPS) is 10.6. The third-order valence-electron chi connectivity index (χ3n) is 3.56. The molecular weight excluding hydrogens is 295 g/mol. The number of para-hydroxylation sites is 1. The van der Waals surface area contributed by atoms with E-state index in [4.69, 9.17) is 4.74 Å². The fourth-order valence-electron chi connectivity index (χ4n) is 2.39. The molecule has 0 bridgehead atoms. The van der Waals surface area contributed by atoms with Crippen LogP contribution in [0.1, 0.15) is 16.1 Å². The number of pyridine rings is 1. The molecule has 1 N–H and O–H groups in total. The summed E-state index contributed by atoms with van der Waals surface area (Å²) in [6.07, 6.45) is 0. The highest BCUT2D eigenvalue weighted by atomic mass is 19.1. The molecule has 0 unspecified atom stereocenters. The van der Waals surface area contributed by atoms with Crippen molar-refractivity contribution >= 4 is 28.2 Å². The fraction of sp³-hybridized carbons (Fsp3) is 0.111. The smallest absolute Gasteiger partial charge is 0.356 e. The van der Waals surface area contributed by atoms with Crippen LogP contribution in [0.4, 0.5) is 15.8 Å². The van der Waals surface area contributed by atoms with Crippen molar-refractivity contribution in [3.05, 3.63) is 65.6 Å². The number of anilines is 2. The third-order valence-corrected chi connectivity index (χ3v) is 3.56. The van der Waals surface area contributed by atoms with Crippen LogP contribution >= 0.6 is 0 Å². The highest BCUT2D eigenvalue weighted by Crippen LogP contribution is 2.28. The molecule has 0 atom stereocenters. The standard InChI is InChI=1S/C18H15FN2O2/c1-11-4-3-5-14-15(20-13-8-6-12(19)7-9-13)10-16(18(22)23-2)21-17(11)14/h3-10H,1-2H3,(H,20,21). The average Bonchev–Trinajstić information content (AvgIpc) is 2.57. The molecule has 0 aliphatic carbocycles. The molecule has 5 heteroatoms. The number of aryl methyl sites for hydroxylation is 1. The lowest BCUT2D eigenvalue weighted by Gasteiger charge is -2.12. The lowest BCUT2D eigenvalue weighted by Crippen LogP contribution is -2.06. The second-order valence-electron chi connectivity index (χ2n) is 5.15. The molecule has 0 aliphatic rings. The minimum atomic E-state index is -0.502. The maximum atomic E-state index is 13.0. The average molecular weight is 310 g/mol. The maximum absolute atomic E-state index is 13.0. The number of hydrogen-bond acceptors (Lipinski definition) is 4. The number of halogens is 1. The maximum Gasteiger partial charge on any atom is 0.356 e. The summed E-state index contributed by atoms with van der Waals surface area (Å²) in [5.74, 6) is -0.807. The third kappa shape index (κ3) is 2.99. The molecule has 1 aromatic heterocycles. The van der Waals surface area contributed by atoms with Gasteiger partial charge in [0, 0.05) is 11.1 Å². The zero-order valence-corrected chi connectivity index (χ0v) is 12.8. The van der Waals surface area contributed by atoms with Crippen LogP contribution < -0.4 is 5.32 Å². The van der Waals surface area contributed by atoms with E-state index in [0.29, 0.717) is 5.69 Å². The summed E-state index contributed by atoms with van der Waals surface area (Å²) in [4.78, 5) is 16.2. The SMILES string of the molecule is COC(=O)c1cc(Nc2ccc(F)cc2)c2cccc(C)c2n1. The number of benzene rings is 2. The number of methoxy groups -OCH3 is 1. The summed E-state index contributed by atoms with van der Waals surface area (Å²) in [6, 6.07) is 13.4. The number of hydrogen-bond donors (Lipinski definition) is 1. The van der Waals surface area contributed by atoms with Gasteiger partial charge in [-0.2, -0.15) is 0 Å². The Labute approximate surface area is 132 Å². The van der Waals surface area contributed by atoms with Crippen molar-refractivity contribution in [2.24, 2.45) is 0 Å². The summed E-state index contributed by atoms with van der Waals surface area (Å²) in [7, 11) is 1.32. The fourth-order valence-corrected chi connectivity index (χ4v) is 2.39. The van der Waals surface area contributed by atoms with Crippen molar-refractivity contribution in [3.63, 3.8) is 0 Å². The summed E-state index contributed by atoms with van der Waals surface area (Å²) in [5.41, 5.74) is 3.33. The number of nitrogens with zero attached hydrogens (tertiary/aromatic N) is 1. The summed E-state index contributed by atoms with van der Waals surface area (Å²) in [6.45, 7) is 1.93. The summed E-state index contributed by atoms with van der Waals surface area (Å²) >= 11 is 0. The molecule has 23 heavy (non-hydrogen) atoms. The lowest BCUT2D eigenvalue weighted by atomic mass is 10.1. The molecule has 0 saturated carbocycles. The van der Waals surface area contributed by atoms with E-state index in [1.54, 1.807) is 18.2 Å². The zero-order chi connectivity index (χ0) is 16.4. The number of carbonyl (C=O) groups is 1. The van der Waals surface area contributed by atoms with Gasteiger partial charge < -0.3 is 10.1 Å². The van der Waals surface area contributed by atoms with Gasteiger partial charge >= 0.3 is 5.97 Å². The molecule has 4 nitrogen and oxygen atoms in total. The van der Waals surface area contributed by atoms with Crippen molar-refractivity contribution in [1.29, 1.82) is 0 Å². The van der Waals surface area contributed by atoms with Crippen molar-refractivity contribution in [2.75, 3.05) is 12.4 Å². The van der Waals surface area contributed by atoms with E-state index >= 15 is 0 Å². The van der Waals surface area contributed by atoms with Crippen LogP contribution in [0, 0.1) is 12.7 Å². The van der Waals surface area contributed by atoms with Crippen LogP contribution in [0.3, 0.4) is 0 Å². The molecule has 116 valence electrons. The molecule has 3 rings (SSSR count). The van der Waals surface area contributed by atoms with Gasteiger partial charge in [0.25, 0.3) is 0 Å². The van der Waals surface area contributed by atoms with Gasteiger partial charge in [0.1, 0.15) is 5.82 Å². The van der Waals surface area contributed by atoms with Gasteiger partial charge in [-0.15, -0.1) is 0 Å². The molecular formula is C18H15FN2O2. The van der Waals surface area contributed by atoms with Crippen molar-refractivity contribution < 1.29 is 13.9 Å². The van der Waals surface area contributed by atoms with Crippen LogP contribution in [0.15, 0.2) is 48.5 Å². The molecule has 2 aromatic carbocycles. The van der Waals surface area contributed by atoms with E-state index in [1.165, 1.54) is 19.2 Å². The van der Waals surface area contributed by atoms with Crippen LogP contribution in [-0.4, -0.2) is 18.1 Å². The van der Waals surface area contributed by atoms with E-state index in [1.807, 2.05) is 25.1 Å². The topological polar surface area (TPSA) is 51.2 Å². The van der Waals surface area contributed by atoms with Gasteiger partial charge in [-0.1, -0.05) is 18.2 Å². The predicted molar refractivity (Wildman–Crippen MR) is 87.5 cm³/mol. The molecule has 0 fully saturated rings. The number of ether oxygens (including phenoxy) is 1. The molecule has 3 aromatic rings. The number of carbonyl (C=O) groups excluding carboxylic acids is 1. The van der Waals surface area contributed by atoms with E-state index in [2.05, 4.69) is 10.3 Å². The van der Waals surface area contributed by atoms with Gasteiger partial charge in [-0.25, -0.2) is 14.2 Å². The van der Waals surface area contributed by atoms with Crippen LogP contribution in [0.5, 0.6) is 0 Å². The first kappa shape index (κ1) is 15.0. The van der Waals surface area contributed by atoms with Gasteiger partial charge in [0.05, 0.1) is 18.3 Å². The van der Waals surface area contributed by atoms with Crippen LogP contribution in [0.2, 0.25) is 0 Å². The number of fused-ring (bicyclic) bond motifs is 1. The summed E-state index contributed by atoms with van der Waals surface area (Å²) < 4.78 is 17.8. The van der Waals surface area contributed by atoms with Gasteiger partial charge in [0.15, 0.2) is 5.69 Å². The minimum Gasteiger partial charge on any atom is -0.464 e. The van der Waals surface area contributed by atoms with E-state index in [9.17, 15) is 9.18 Å². The number of aromatic nitrogens is 1. The first-order valence-corrected chi connectivity index (χ1v) is 7.10. The zero-order valence-electron chi connectivity index (χ0n) is 12.8. The van der Waals surface area contributed by atoms with Gasteiger partial charge in [-0.3, -0.25) is 0 Å². The number of rotatable bonds is 3. The second-order valence-corrected chi connectivity index (χ2v) is 5.15. The van der Waals surface area contributed by atoms with Crippen molar-refractivity contribution in [2.45, 2.75) is 6.92 Å². The molecule has 0 amide bonds. The molecule has 0 aliphatic heterocycles. The highest BCUT2D eigenvalue weighted by Gasteiger charge is 2.13. The minimum absolute atomic E-state index is 0.221. The second kappa shape index (κ2) is 6.04. The lowest BCUT2D eigenvalue weighted by molar-refractivity contribution is 0.0594. The molecule has 0 spiro atoms. The largest absolute Gasteiger partial charge is 0.464 e. The van der Waals surface area contributed by atoms with E-state index < -0.39 is 5.97 Å². The van der Waals surface area contributed by atoms with E-state index in [-0.39, 0.29) is 11.5 Å². The predicted octanol–water partition coefficient (Wildman–Crippen LogP) is 4.21. The first-order chi connectivity index (χ1) is 11.1. The Morgan fingerprint density at radius 3 is 2.61 bits per heavy atom. The Kier molecular flexibility index (Phi) is 3.93. The number of nitrogens with one attached hydrogen (secondary N) is 1. The van der Waals surface area contributed by atoms with Gasteiger partial charge in [-0.05, 0) is 42.8 Å². The number of esters is 1. The van der Waals surface area contributed by atoms with Crippen LogP contribution in [-0.2, 0) is 4.74 Å². The van der Waals surface area contributed by atoms with E-state index in [0.717, 1.165) is 22.2 Å². The van der Waals surface area contributed by atoms with Crippen LogP contribution in [0.25, 0.3) is 10.9 Å². The monoisotopic (exact) mass is 310 g/mol. The van der Waals surface area contributed by atoms with Crippen molar-refractivity contribution in [3.8, 4) is 0 Å². The highest BCUT2D eigenvalue weighted by molar-refractivity contribution is 5.99. The Balaban J connectivity index is 2.15. The molecule has 0 radical (unpaired) electrons. The quantitative estimate of drug-likeness (QED) is 0.736. The Morgan fingerprint density at radius 2 is 1.91 bits per heavy atom. The molecule has 1 heterocycles. The van der Waals surface area contributed by atoms with Crippen molar-refractivity contribution in [1.82, 2.24) is 4.98 Å². The first-order valence-electron chi connectivity index (χ1n) is 7.10. The molecule has 0 saturated heterocycles. The van der Waals surface area contributed by atoms with Gasteiger partial charge in [0.2, 0.25) is 0 Å².